The molecule has 20 heavy (non-hydrogen) atoms. The van der Waals surface area contributed by atoms with E-state index in [-0.39, 0.29) is 5.82 Å². The van der Waals surface area contributed by atoms with Crippen molar-refractivity contribution in [2.75, 3.05) is 13.6 Å². The van der Waals surface area contributed by atoms with E-state index in [9.17, 15) is 4.39 Å². The minimum atomic E-state index is -0.176. The van der Waals surface area contributed by atoms with E-state index in [2.05, 4.69) is 5.32 Å². The van der Waals surface area contributed by atoms with E-state index in [1.165, 1.54) is 11.6 Å². The molecule has 2 aromatic rings. The second-order valence-corrected chi connectivity index (χ2v) is 5.52. The van der Waals surface area contributed by atoms with E-state index in [0.29, 0.717) is 5.92 Å². The first-order chi connectivity index (χ1) is 9.60. The summed E-state index contributed by atoms with van der Waals surface area (Å²) >= 11 is 5.93. The van der Waals surface area contributed by atoms with Crippen LogP contribution >= 0.6 is 11.6 Å². The largest absolute Gasteiger partial charge is 0.319 e. The molecule has 1 N–H and O–H groups in total. The van der Waals surface area contributed by atoms with Gasteiger partial charge in [-0.25, -0.2) is 4.39 Å². The molecule has 0 bridgehead atoms. The van der Waals surface area contributed by atoms with Gasteiger partial charge in [-0.2, -0.15) is 0 Å². The van der Waals surface area contributed by atoms with Gasteiger partial charge in [0.05, 0.1) is 0 Å². The number of nitrogens with one attached hydrogen (secondary N) is 1. The first-order valence-electron chi connectivity index (χ1n) is 6.75. The van der Waals surface area contributed by atoms with Gasteiger partial charge in [-0.3, -0.25) is 0 Å². The third-order valence-corrected chi connectivity index (χ3v) is 3.82. The van der Waals surface area contributed by atoms with Crippen molar-refractivity contribution in [1.29, 1.82) is 0 Å². The lowest BCUT2D eigenvalue weighted by atomic mass is 9.90. The average molecular weight is 292 g/mol. The van der Waals surface area contributed by atoms with Crippen LogP contribution in [0.25, 0.3) is 0 Å². The normalized spacial score (nSPS) is 12.4. The second kappa shape index (κ2) is 6.87. The molecule has 0 fully saturated rings. The Morgan fingerprint density at radius 2 is 1.85 bits per heavy atom. The molecule has 0 aliphatic heterocycles. The van der Waals surface area contributed by atoms with Crippen LogP contribution in [0.1, 0.15) is 22.6 Å². The van der Waals surface area contributed by atoms with Gasteiger partial charge in [-0.05, 0) is 61.3 Å². The fourth-order valence-electron chi connectivity index (χ4n) is 2.41. The van der Waals surface area contributed by atoms with Gasteiger partial charge in [0.25, 0.3) is 0 Å². The Bertz CT molecular complexity index is 566. The Balaban J connectivity index is 2.25. The smallest absolute Gasteiger partial charge is 0.123 e. The van der Waals surface area contributed by atoms with Crippen LogP contribution in [0.2, 0.25) is 5.02 Å². The molecule has 0 radical (unpaired) electrons. The van der Waals surface area contributed by atoms with Crippen LogP contribution in [0, 0.1) is 12.7 Å². The number of likely N-dealkylation sites (N-methyl/N-ethyl adjacent to an activating group) is 1. The number of benzene rings is 2. The number of hydrogen-bond acceptors (Lipinski definition) is 1. The highest BCUT2D eigenvalue weighted by molar-refractivity contribution is 6.30. The third kappa shape index (κ3) is 3.81. The van der Waals surface area contributed by atoms with Crippen molar-refractivity contribution in [2.24, 2.45) is 0 Å². The quantitative estimate of drug-likeness (QED) is 0.864. The maximum absolute atomic E-state index is 13.4. The summed E-state index contributed by atoms with van der Waals surface area (Å²) in [5, 5.41) is 3.94. The van der Waals surface area contributed by atoms with Crippen LogP contribution in [0.5, 0.6) is 0 Å². The zero-order chi connectivity index (χ0) is 14.5. The molecule has 3 heteroatoms. The molecule has 2 rings (SSSR count). The molecule has 0 aliphatic rings. The number of aryl methyl sites for hydroxylation is 1. The molecular weight excluding hydrogens is 273 g/mol. The Kier molecular flexibility index (Phi) is 5.16. The van der Waals surface area contributed by atoms with Crippen molar-refractivity contribution < 1.29 is 4.39 Å². The summed E-state index contributed by atoms with van der Waals surface area (Å²) in [6.45, 7) is 2.87. The van der Waals surface area contributed by atoms with Gasteiger partial charge in [-0.1, -0.05) is 29.8 Å². The van der Waals surface area contributed by atoms with Crippen LogP contribution in [0.15, 0.2) is 42.5 Å². The minimum absolute atomic E-state index is 0.176. The highest BCUT2D eigenvalue weighted by Gasteiger charge is 2.13. The van der Waals surface area contributed by atoms with Crippen LogP contribution in [0.3, 0.4) is 0 Å². The maximum Gasteiger partial charge on any atom is 0.123 e. The summed E-state index contributed by atoms with van der Waals surface area (Å²) in [5.74, 6) is 0.127. The van der Waals surface area contributed by atoms with Crippen molar-refractivity contribution in [2.45, 2.75) is 19.3 Å². The molecule has 1 nitrogen and oxygen atoms in total. The molecule has 0 aliphatic carbocycles. The average Bonchev–Trinajstić information content (AvgIpc) is 2.43. The first kappa shape index (κ1) is 15.0. The van der Waals surface area contributed by atoms with Gasteiger partial charge < -0.3 is 5.32 Å². The highest BCUT2D eigenvalue weighted by Crippen LogP contribution is 2.24. The second-order valence-electron chi connectivity index (χ2n) is 5.08. The Morgan fingerprint density at radius 1 is 1.15 bits per heavy atom. The standard InChI is InChI=1S/C17H19ClFN/c1-12-3-8-17(19)10-14(12)9-15(11-20-2)13-4-6-16(18)7-5-13/h3-8,10,15,20H,9,11H2,1-2H3. The van der Waals surface area contributed by atoms with Crippen molar-refractivity contribution in [1.82, 2.24) is 5.32 Å². The minimum Gasteiger partial charge on any atom is -0.319 e. The monoisotopic (exact) mass is 291 g/mol. The molecule has 0 saturated heterocycles. The lowest BCUT2D eigenvalue weighted by Gasteiger charge is -2.18. The zero-order valence-corrected chi connectivity index (χ0v) is 12.5. The fraction of sp³-hybridized carbons (Fsp3) is 0.294. The van der Waals surface area contributed by atoms with E-state index in [1.54, 1.807) is 6.07 Å². The van der Waals surface area contributed by atoms with E-state index in [0.717, 1.165) is 29.1 Å². The summed E-state index contributed by atoms with van der Waals surface area (Å²) < 4.78 is 13.4. The molecule has 1 unspecified atom stereocenters. The molecule has 0 amide bonds. The van der Waals surface area contributed by atoms with Gasteiger partial charge >= 0.3 is 0 Å². The van der Waals surface area contributed by atoms with Gasteiger partial charge in [0.1, 0.15) is 5.82 Å². The lowest BCUT2D eigenvalue weighted by molar-refractivity contribution is 0.606. The number of halogens is 2. The van der Waals surface area contributed by atoms with Crippen molar-refractivity contribution in [3.8, 4) is 0 Å². The SMILES string of the molecule is CNCC(Cc1cc(F)ccc1C)c1ccc(Cl)cc1. The summed E-state index contributed by atoms with van der Waals surface area (Å²) in [6, 6.07) is 12.9. The van der Waals surface area contributed by atoms with Crippen LogP contribution in [-0.4, -0.2) is 13.6 Å². The summed E-state index contributed by atoms with van der Waals surface area (Å²) in [4.78, 5) is 0. The lowest BCUT2D eigenvalue weighted by Crippen LogP contribution is -2.19. The third-order valence-electron chi connectivity index (χ3n) is 3.57. The van der Waals surface area contributed by atoms with Crippen LogP contribution in [-0.2, 0) is 6.42 Å². The zero-order valence-electron chi connectivity index (χ0n) is 11.8. The molecular formula is C17H19ClFN. The summed E-state index contributed by atoms with van der Waals surface area (Å²) in [6.07, 6.45) is 0.812. The van der Waals surface area contributed by atoms with Crippen molar-refractivity contribution in [3.63, 3.8) is 0 Å². The fourth-order valence-corrected chi connectivity index (χ4v) is 2.54. The molecule has 2 aromatic carbocycles. The summed E-state index contributed by atoms with van der Waals surface area (Å²) in [5.41, 5.74) is 3.40. The van der Waals surface area contributed by atoms with E-state index >= 15 is 0 Å². The van der Waals surface area contributed by atoms with Crippen molar-refractivity contribution in [3.05, 3.63) is 70.0 Å². The topological polar surface area (TPSA) is 12.0 Å². The molecule has 0 aromatic heterocycles. The van der Waals surface area contributed by atoms with Gasteiger partial charge in [0, 0.05) is 17.5 Å². The van der Waals surface area contributed by atoms with E-state index in [1.807, 2.05) is 44.3 Å². The van der Waals surface area contributed by atoms with Crippen LogP contribution < -0.4 is 5.32 Å². The van der Waals surface area contributed by atoms with Gasteiger partial charge in [0.2, 0.25) is 0 Å². The Labute approximate surface area is 124 Å². The van der Waals surface area contributed by atoms with E-state index in [4.69, 9.17) is 11.6 Å². The molecule has 1 atom stereocenters. The maximum atomic E-state index is 13.4. The molecule has 0 saturated carbocycles. The number of rotatable bonds is 5. The first-order valence-corrected chi connectivity index (χ1v) is 7.13. The van der Waals surface area contributed by atoms with Gasteiger partial charge in [-0.15, -0.1) is 0 Å². The summed E-state index contributed by atoms with van der Waals surface area (Å²) in [7, 11) is 1.93. The Hall–Kier alpha value is -1.38. The number of hydrogen-bond donors (Lipinski definition) is 1. The molecule has 0 heterocycles. The predicted molar refractivity (Wildman–Crippen MR) is 83.0 cm³/mol. The molecule has 0 spiro atoms. The highest BCUT2D eigenvalue weighted by atomic mass is 35.5. The van der Waals surface area contributed by atoms with Gasteiger partial charge in [0.15, 0.2) is 0 Å². The van der Waals surface area contributed by atoms with Crippen molar-refractivity contribution >= 4 is 11.6 Å². The van der Waals surface area contributed by atoms with E-state index < -0.39 is 0 Å². The molecule has 106 valence electrons. The predicted octanol–water partition coefficient (Wildman–Crippen LogP) is 4.33. The Morgan fingerprint density at radius 3 is 2.50 bits per heavy atom. The van der Waals surface area contributed by atoms with Crippen LogP contribution in [0.4, 0.5) is 4.39 Å².